The summed E-state index contributed by atoms with van der Waals surface area (Å²) in [6.07, 6.45) is 3.81. The first-order valence-corrected chi connectivity index (χ1v) is 7.88. The van der Waals surface area contributed by atoms with Crippen LogP contribution < -0.4 is 10.2 Å². The lowest BCUT2D eigenvalue weighted by atomic mass is 10.1. The molecule has 1 aliphatic rings. The Hall–Kier alpha value is -0.770. The minimum Gasteiger partial charge on any atom is -0.383 e. The third-order valence-electron chi connectivity index (χ3n) is 3.60. The van der Waals surface area contributed by atoms with Crippen LogP contribution in [0.15, 0.2) is 18.2 Å². The van der Waals surface area contributed by atoms with Crippen molar-refractivity contribution in [1.29, 1.82) is 0 Å². The summed E-state index contributed by atoms with van der Waals surface area (Å²) in [6.45, 7) is 5.79. The minimum absolute atomic E-state index is 0.730. The van der Waals surface area contributed by atoms with Crippen LogP contribution in [0.2, 0.25) is 5.02 Å². The van der Waals surface area contributed by atoms with Gasteiger partial charge in [0.25, 0.3) is 0 Å². The van der Waals surface area contributed by atoms with E-state index in [1.807, 2.05) is 6.07 Å². The maximum absolute atomic E-state index is 6.16. The van der Waals surface area contributed by atoms with Crippen LogP contribution in [0, 0.1) is 0 Å². The fraction of sp³-hybridized carbons (Fsp3) is 0.625. The highest BCUT2D eigenvalue weighted by atomic mass is 35.5. The normalized spacial score (nSPS) is 14.6. The van der Waals surface area contributed by atoms with Gasteiger partial charge < -0.3 is 15.0 Å². The smallest absolute Gasteiger partial charge is 0.0587 e. The van der Waals surface area contributed by atoms with Crippen molar-refractivity contribution in [3.63, 3.8) is 0 Å². The Balaban J connectivity index is 2.09. The predicted molar refractivity (Wildman–Crippen MR) is 85.7 cm³/mol. The van der Waals surface area contributed by atoms with Crippen LogP contribution >= 0.6 is 11.6 Å². The number of nitrogens with one attached hydrogen (secondary N) is 1. The van der Waals surface area contributed by atoms with Gasteiger partial charge in [0.05, 0.1) is 6.61 Å². The molecule has 1 aromatic rings. The van der Waals surface area contributed by atoms with E-state index in [1.165, 1.54) is 30.5 Å². The van der Waals surface area contributed by atoms with Crippen LogP contribution in [0.4, 0.5) is 5.69 Å². The molecule has 1 fully saturated rings. The number of ether oxygens (including phenoxy) is 1. The van der Waals surface area contributed by atoms with Gasteiger partial charge in [0.2, 0.25) is 0 Å². The molecule has 2 rings (SSSR count). The molecule has 20 heavy (non-hydrogen) atoms. The average Bonchev–Trinajstić information content (AvgIpc) is 3.26. The number of anilines is 1. The number of methoxy groups -OCH3 is 1. The molecule has 0 aliphatic heterocycles. The topological polar surface area (TPSA) is 24.5 Å². The Morgan fingerprint density at radius 1 is 1.40 bits per heavy atom. The van der Waals surface area contributed by atoms with Crippen molar-refractivity contribution in [1.82, 2.24) is 5.32 Å². The fourth-order valence-corrected chi connectivity index (χ4v) is 2.69. The molecule has 1 aliphatic carbocycles. The van der Waals surface area contributed by atoms with Crippen molar-refractivity contribution in [2.24, 2.45) is 0 Å². The fourth-order valence-electron chi connectivity index (χ4n) is 2.50. The second-order valence-corrected chi connectivity index (χ2v) is 5.80. The molecule has 112 valence electrons. The van der Waals surface area contributed by atoms with Gasteiger partial charge in [-0.15, -0.1) is 0 Å². The molecule has 1 aromatic carbocycles. The van der Waals surface area contributed by atoms with Crippen molar-refractivity contribution in [3.05, 3.63) is 28.8 Å². The van der Waals surface area contributed by atoms with Crippen LogP contribution in [0.1, 0.15) is 31.7 Å². The zero-order chi connectivity index (χ0) is 14.4. The molecule has 0 spiro atoms. The van der Waals surface area contributed by atoms with Crippen molar-refractivity contribution < 1.29 is 4.74 Å². The lowest BCUT2D eigenvalue weighted by Crippen LogP contribution is -2.28. The molecule has 0 bridgehead atoms. The van der Waals surface area contributed by atoms with Crippen molar-refractivity contribution in [2.45, 2.75) is 38.8 Å². The summed E-state index contributed by atoms with van der Waals surface area (Å²) in [5.74, 6) is 0. The van der Waals surface area contributed by atoms with Gasteiger partial charge in [0.15, 0.2) is 0 Å². The molecule has 3 nitrogen and oxygen atoms in total. The van der Waals surface area contributed by atoms with Gasteiger partial charge in [0, 0.05) is 43.5 Å². The van der Waals surface area contributed by atoms with E-state index in [4.69, 9.17) is 16.3 Å². The van der Waals surface area contributed by atoms with Crippen LogP contribution in [-0.2, 0) is 11.3 Å². The van der Waals surface area contributed by atoms with E-state index in [0.29, 0.717) is 0 Å². The Morgan fingerprint density at radius 3 is 2.85 bits per heavy atom. The Kier molecular flexibility index (Phi) is 6.14. The predicted octanol–water partition coefficient (Wildman–Crippen LogP) is 3.45. The third-order valence-corrected chi connectivity index (χ3v) is 3.84. The number of hydrogen-bond donors (Lipinski definition) is 1. The van der Waals surface area contributed by atoms with Crippen LogP contribution in [0.3, 0.4) is 0 Å². The zero-order valence-corrected chi connectivity index (χ0v) is 13.2. The van der Waals surface area contributed by atoms with Crippen molar-refractivity contribution in [2.75, 3.05) is 31.7 Å². The lowest BCUT2D eigenvalue weighted by Gasteiger charge is -2.27. The standard InChI is InChI=1S/C16H25ClN2O/c1-3-9-19(15-5-6-15)16-7-4-14(17)11-13(16)12-18-8-10-20-2/h4,7,11,15,18H,3,5-6,8-10,12H2,1-2H3. The SMILES string of the molecule is CCCN(c1ccc(Cl)cc1CNCCOC)C1CC1. The molecular weight excluding hydrogens is 272 g/mol. The summed E-state index contributed by atoms with van der Waals surface area (Å²) in [5.41, 5.74) is 2.62. The molecule has 4 heteroatoms. The van der Waals surface area contributed by atoms with E-state index in [9.17, 15) is 0 Å². The van der Waals surface area contributed by atoms with E-state index >= 15 is 0 Å². The molecular formula is C16H25ClN2O. The highest BCUT2D eigenvalue weighted by Crippen LogP contribution is 2.34. The number of hydrogen-bond acceptors (Lipinski definition) is 3. The molecule has 0 radical (unpaired) electrons. The molecule has 0 heterocycles. The molecule has 0 amide bonds. The van der Waals surface area contributed by atoms with Crippen LogP contribution in [0.5, 0.6) is 0 Å². The number of rotatable bonds is 9. The second kappa shape index (κ2) is 7.87. The Labute approximate surface area is 127 Å². The highest BCUT2D eigenvalue weighted by Gasteiger charge is 2.29. The van der Waals surface area contributed by atoms with Gasteiger partial charge in [0.1, 0.15) is 0 Å². The van der Waals surface area contributed by atoms with Gasteiger partial charge in [-0.05, 0) is 43.0 Å². The van der Waals surface area contributed by atoms with Crippen LogP contribution in [-0.4, -0.2) is 32.8 Å². The number of halogens is 1. The first-order valence-electron chi connectivity index (χ1n) is 7.51. The van der Waals surface area contributed by atoms with Gasteiger partial charge in [-0.2, -0.15) is 0 Å². The zero-order valence-electron chi connectivity index (χ0n) is 12.5. The van der Waals surface area contributed by atoms with E-state index in [1.54, 1.807) is 7.11 Å². The molecule has 0 atom stereocenters. The molecule has 0 saturated heterocycles. The number of benzene rings is 1. The second-order valence-electron chi connectivity index (χ2n) is 5.37. The van der Waals surface area contributed by atoms with Crippen LogP contribution in [0.25, 0.3) is 0 Å². The molecule has 0 aromatic heterocycles. The van der Waals surface area contributed by atoms with E-state index in [0.717, 1.165) is 37.3 Å². The largest absolute Gasteiger partial charge is 0.383 e. The van der Waals surface area contributed by atoms with Gasteiger partial charge >= 0.3 is 0 Å². The molecule has 1 saturated carbocycles. The Bertz CT molecular complexity index is 421. The van der Waals surface area contributed by atoms with Crippen molar-refractivity contribution >= 4 is 17.3 Å². The van der Waals surface area contributed by atoms with Gasteiger partial charge in [-0.3, -0.25) is 0 Å². The van der Waals surface area contributed by atoms with E-state index in [2.05, 4.69) is 29.3 Å². The maximum atomic E-state index is 6.16. The number of nitrogens with zero attached hydrogens (tertiary/aromatic N) is 1. The van der Waals surface area contributed by atoms with Crippen molar-refractivity contribution in [3.8, 4) is 0 Å². The first kappa shape index (κ1) is 15.6. The van der Waals surface area contributed by atoms with E-state index < -0.39 is 0 Å². The maximum Gasteiger partial charge on any atom is 0.0587 e. The summed E-state index contributed by atoms with van der Waals surface area (Å²) in [7, 11) is 1.72. The summed E-state index contributed by atoms with van der Waals surface area (Å²) >= 11 is 6.16. The lowest BCUT2D eigenvalue weighted by molar-refractivity contribution is 0.199. The van der Waals surface area contributed by atoms with E-state index in [-0.39, 0.29) is 0 Å². The minimum atomic E-state index is 0.730. The summed E-state index contributed by atoms with van der Waals surface area (Å²) in [6, 6.07) is 6.99. The third kappa shape index (κ3) is 4.37. The molecule has 1 N–H and O–H groups in total. The average molecular weight is 297 g/mol. The highest BCUT2D eigenvalue weighted by molar-refractivity contribution is 6.30. The monoisotopic (exact) mass is 296 g/mol. The quantitative estimate of drug-likeness (QED) is 0.706. The van der Waals surface area contributed by atoms with Gasteiger partial charge in [-0.25, -0.2) is 0 Å². The summed E-state index contributed by atoms with van der Waals surface area (Å²) in [4.78, 5) is 2.55. The Morgan fingerprint density at radius 2 is 2.20 bits per heavy atom. The molecule has 0 unspecified atom stereocenters. The summed E-state index contributed by atoms with van der Waals surface area (Å²) in [5, 5.41) is 4.23. The first-order chi connectivity index (χ1) is 9.76. The summed E-state index contributed by atoms with van der Waals surface area (Å²) < 4.78 is 5.07. The van der Waals surface area contributed by atoms with Gasteiger partial charge in [-0.1, -0.05) is 18.5 Å².